The zero-order chi connectivity index (χ0) is 19.0. The number of aryl methyl sites for hydroxylation is 2. The molecule has 7 heteroatoms. The second-order valence-electron chi connectivity index (χ2n) is 7.07. The molecule has 2 aromatic heterocycles. The minimum atomic E-state index is -3.63. The van der Waals surface area contributed by atoms with Crippen LogP contribution in [0.2, 0.25) is 0 Å². The van der Waals surface area contributed by atoms with Crippen LogP contribution in [0.1, 0.15) is 48.6 Å². The highest BCUT2D eigenvalue weighted by atomic mass is 32.2. The lowest BCUT2D eigenvalue weighted by Gasteiger charge is -2.08. The maximum absolute atomic E-state index is 12.7. The molecule has 1 aliphatic carbocycles. The highest BCUT2D eigenvalue weighted by Crippen LogP contribution is 2.37. The first-order chi connectivity index (χ1) is 12.9. The number of nitrogens with one attached hydrogen (secondary N) is 1. The standard InChI is InChI=1S/C20H22N2O3S2/c1-13-7-8-16(11-14(13)2)22-27(23,24)19-10-9-18(26-19)17-12-21-20(25-17)15-5-3-4-6-15/h7-12,15,22H,3-6H2,1-2H3. The number of hydrogen-bond donors (Lipinski definition) is 1. The Morgan fingerprint density at radius 3 is 2.63 bits per heavy atom. The fourth-order valence-electron chi connectivity index (χ4n) is 3.37. The number of sulfonamides is 1. The van der Waals surface area contributed by atoms with E-state index in [4.69, 9.17) is 4.42 Å². The fraction of sp³-hybridized carbons (Fsp3) is 0.350. The van der Waals surface area contributed by atoms with Gasteiger partial charge in [0.05, 0.1) is 11.1 Å². The Balaban J connectivity index is 1.55. The number of benzene rings is 1. The average Bonchev–Trinajstić information content (AvgIpc) is 3.38. The van der Waals surface area contributed by atoms with E-state index in [2.05, 4.69) is 9.71 Å². The lowest BCUT2D eigenvalue weighted by molar-refractivity contribution is 0.458. The average molecular weight is 403 g/mol. The van der Waals surface area contributed by atoms with Gasteiger partial charge in [0.15, 0.2) is 11.7 Å². The molecule has 1 fully saturated rings. The van der Waals surface area contributed by atoms with Gasteiger partial charge in [-0.2, -0.15) is 0 Å². The number of anilines is 1. The molecule has 1 N–H and O–H groups in total. The summed E-state index contributed by atoms with van der Waals surface area (Å²) in [6, 6.07) is 8.91. The minimum absolute atomic E-state index is 0.259. The van der Waals surface area contributed by atoms with Gasteiger partial charge in [0, 0.05) is 11.6 Å². The van der Waals surface area contributed by atoms with Crippen LogP contribution in [0.3, 0.4) is 0 Å². The van der Waals surface area contributed by atoms with Crippen LogP contribution in [-0.2, 0) is 10.0 Å². The molecule has 0 spiro atoms. The quantitative estimate of drug-likeness (QED) is 0.613. The van der Waals surface area contributed by atoms with E-state index in [-0.39, 0.29) is 4.21 Å². The predicted octanol–water partition coefficient (Wildman–Crippen LogP) is 5.48. The van der Waals surface area contributed by atoms with E-state index in [0.717, 1.165) is 34.7 Å². The Labute approximate surface area is 163 Å². The topological polar surface area (TPSA) is 72.2 Å². The summed E-state index contributed by atoms with van der Waals surface area (Å²) in [5, 5.41) is 0. The second kappa shape index (κ2) is 7.13. The number of aromatic nitrogens is 1. The molecular formula is C20H22N2O3S2. The SMILES string of the molecule is Cc1ccc(NS(=O)(=O)c2ccc(-c3cnc(C4CCCC4)o3)s2)cc1C. The zero-order valence-electron chi connectivity index (χ0n) is 15.4. The molecule has 0 unspecified atom stereocenters. The van der Waals surface area contributed by atoms with Gasteiger partial charge in [-0.1, -0.05) is 18.9 Å². The molecule has 4 rings (SSSR count). The van der Waals surface area contributed by atoms with Gasteiger partial charge in [0.25, 0.3) is 10.0 Å². The molecule has 0 radical (unpaired) electrons. The van der Waals surface area contributed by atoms with Gasteiger partial charge in [0.2, 0.25) is 0 Å². The van der Waals surface area contributed by atoms with Crippen LogP contribution in [0.4, 0.5) is 5.69 Å². The van der Waals surface area contributed by atoms with E-state index in [0.29, 0.717) is 17.4 Å². The predicted molar refractivity (Wildman–Crippen MR) is 108 cm³/mol. The number of thiophene rings is 1. The zero-order valence-corrected chi connectivity index (χ0v) is 17.0. The van der Waals surface area contributed by atoms with Gasteiger partial charge in [-0.25, -0.2) is 13.4 Å². The Morgan fingerprint density at radius 1 is 1.11 bits per heavy atom. The van der Waals surface area contributed by atoms with Crippen molar-refractivity contribution in [3.05, 3.63) is 53.5 Å². The Hall–Kier alpha value is -2.12. The summed E-state index contributed by atoms with van der Waals surface area (Å²) in [5.41, 5.74) is 2.74. The highest BCUT2D eigenvalue weighted by molar-refractivity contribution is 7.94. The summed E-state index contributed by atoms with van der Waals surface area (Å²) in [6.07, 6.45) is 6.36. The first-order valence-corrected chi connectivity index (χ1v) is 11.4. The third-order valence-corrected chi connectivity index (χ3v) is 8.05. The molecule has 0 amide bonds. The van der Waals surface area contributed by atoms with Crippen molar-refractivity contribution in [3.8, 4) is 10.6 Å². The molecule has 27 heavy (non-hydrogen) atoms. The molecule has 142 valence electrons. The van der Waals surface area contributed by atoms with Crippen molar-refractivity contribution in [3.63, 3.8) is 0 Å². The molecule has 3 aromatic rings. The molecule has 0 saturated heterocycles. The summed E-state index contributed by atoms with van der Waals surface area (Å²) < 4.78 is 34.2. The van der Waals surface area contributed by atoms with E-state index < -0.39 is 10.0 Å². The van der Waals surface area contributed by atoms with Crippen molar-refractivity contribution in [2.24, 2.45) is 0 Å². The third kappa shape index (κ3) is 3.80. The maximum Gasteiger partial charge on any atom is 0.271 e. The molecule has 1 aliphatic rings. The molecule has 1 aromatic carbocycles. The molecule has 0 atom stereocenters. The van der Waals surface area contributed by atoms with E-state index in [9.17, 15) is 8.42 Å². The van der Waals surface area contributed by atoms with Gasteiger partial charge < -0.3 is 4.42 Å². The van der Waals surface area contributed by atoms with Crippen LogP contribution in [0, 0.1) is 13.8 Å². The molecule has 0 bridgehead atoms. The highest BCUT2D eigenvalue weighted by Gasteiger charge is 2.23. The van der Waals surface area contributed by atoms with Crippen molar-refractivity contribution in [1.82, 2.24) is 4.98 Å². The second-order valence-corrected chi connectivity index (χ2v) is 10.1. The van der Waals surface area contributed by atoms with Crippen LogP contribution in [0.15, 0.2) is 45.2 Å². The van der Waals surface area contributed by atoms with Crippen molar-refractivity contribution in [2.75, 3.05) is 4.72 Å². The molecule has 2 heterocycles. The number of hydrogen-bond acceptors (Lipinski definition) is 5. The fourth-order valence-corrected chi connectivity index (χ4v) is 5.67. The Morgan fingerprint density at radius 2 is 1.89 bits per heavy atom. The van der Waals surface area contributed by atoms with Crippen molar-refractivity contribution >= 4 is 27.0 Å². The number of oxazole rings is 1. The van der Waals surface area contributed by atoms with Gasteiger partial charge in [-0.05, 0) is 62.1 Å². The number of rotatable bonds is 5. The van der Waals surface area contributed by atoms with Crippen molar-refractivity contribution < 1.29 is 12.8 Å². The monoisotopic (exact) mass is 402 g/mol. The normalized spacial score (nSPS) is 15.3. The summed E-state index contributed by atoms with van der Waals surface area (Å²) in [7, 11) is -3.63. The van der Waals surface area contributed by atoms with E-state index in [1.807, 2.05) is 26.0 Å². The van der Waals surface area contributed by atoms with Crippen LogP contribution in [0.5, 0.6) is 0 Å². The van der Waals surface area contributed by atoms with Crippen molar-refractivity contribution in [2.45, 2.75) is 49.7 Å². The Bertz CT molecular complexity index is 1060. The Kier molecular flexibility index (Phi) is 4.82. The van der Waals surface area contributed by atoms with Crippen LogP contribution < -0.4 is 4.72 Å². The minimum Gasteiger partial charge on any atom is -0.440 e. The van der Waals surface area contributed by atoms with E-state index in [1.54, 1.807) is 24.4 Å². The third-order valence-electron chi connectivity index (χ3n) is 5.08. The maximum atomic E-state index is 12.7. The summed E-state index contributed by atoms with van der Waals surface area (Å²) in [6.45, 7) is 3.96. The molecule has 0 aliphatic heterocycles. The smallest absolute Gasteiger partial charge is 0.271 e. The molecule has 5 nitrogen and oxygen atoms in total. The lowest BCUT2D eigenvalue weighted by atomic mass is 10.1. The van der Waals surface area contributed by atoms with Gasteiger partial charge >= 0.3 is 0 Å². The molecule has 1 saturated carbocycles. The summed E-state index contributed by atoms with van der Waals surface area (Å²) in [4.78, 5) is 5.18. The largest absolute Gasteiger partial charge is 0.440 e. The number of nitrogens with zero attached hydrogens (tertiary/aromatic N) is 1. The van der Waals surface area contributed by atoms with Crippen molar-refractivity contribution in [1.29, 1.82) is 0 Å². The van der Waals surface area contributed by atoms with E-state index in [1.165, 1.54) is 24.2 Å². The van der Waals surface area contributed by atoms with Gasteiger partial charge in [-0.15, -0.1) is 11.3 Å². The first kappa shape index (κ1) is 18.3. The van der Waals surface area contributed by atoms with Gasteiger partial charge in [0.1, 0.15) is 4.21 Å². The summed E-state index contributed by atoms with van der Waals surface area (Å²) >= 11 is 1.19. The first-order valence-electron chi connectivity index (χ1n) is 9.08. The van der Waals surface area contributed by atoms with E-state index >= 15 is 0 Å². The lowest BCUT2D eigenvalue weighted by Crippen LogP contribution is -2.11. The summed E-state index contributed by atoms with van der Waals surface area (Å²) in [5.74, 6) is 1.80. The van der Waals surface area contributed by atoms with Crippen LogP contribution in [-0.4, -0.2) is 13.4 Å². The van der Waals surface area contributed by atoms with Gasteiger partial charge in [-0.3, -0.25) is 4.72 Å². The molecular weight excluding hydrogens is 380 g/mol. The van der Waals surface area contributed by atoms with Crippen LogP contribution in [0.25, 0.3) is 10.6 Å². The van der Waals surface area contributed by atoms with Crippen LogP contribution >= 0.6 is 11.3 Å².